The zero-order valence-electron chi connectivity index (χ0n) is 15.3. The van der Waals surface area contributed by atoms with E-state index in [-0.39, 0.29) is 29.7 Å². The molecule has 2 amide bonds. The van der Waals surface area contributed by atoms with Gasteiger partial charge in [-0.05, 0) is 64.0 Å². The van der Waals surface area contributed by atoms with Gasteiger partial charge >= 0.3 is 0 Å². The molecule has 24 heavy (non-hydrogen) atoms. The molecule has 0 aliphatic heterocycles. The zero-order valence-corrected chi connectivity index (χ0v) is 15.3. The van der Waals surface area contributed by atoms with Gasteiger partial charge in [-0.3, -0.25) is 9.59 Å². The van der Waals surface area contributed by atoms with E-state index in [1.165, 1.54) is 0 Å². The molecule has 1 atom stereocenters. The molecule has 1 aromatic rings. The lowest BCUT2D eigenvalue weighted by molar-refractivity contribution is -0.129. The van der Waals surface area contributed by atoms with Crippen molar-refractivity contribution in [3.63, 3.8) is 0 Å². The average molecular weight is 330 g/mol. The van der Waals surface area contributed by atoms with Crippen molar-refractivity contribution in [2.45, 2.75) is 65.8 Å². The summed E-state index contributed by atoms with van der Waals surface area (Å²) in [6, 6.07) is 6.25. The van der Waals surface area contributed by atoms with E-state index in [9.17, 15) is 9.59 Å². The second kappa shape index (κ2) is 8.32. The zero-order chi connectivity index (χ0) is 17.7. The first-order valence-electron chi connectivity index (χ1n) is 9.09. The summed E-state index contributed by atoms with van der Waals surface area (Å²) in [5.41, 5.74) is 3.11. The minimum atomic E-state index is 0.0108. The number of para-hydroxylation sites is 1. The summed E-state index contributed by atoms with van der Waals surface area (Å²) in [6.07, 6.45) is 4.12. The second-order valence-electron chi connectivity index (χ2n) is 7.12. The number of benzene rings is 1. The van der Waals surface area contributed by atoms with Gasteiger partial charge in [0.25, 0.3) is 0 Å². The largest absolute Gasteiger partial charge is 0.353 e. The van der Waals surface area contributed by atoms with Gasteiger partial charge in [0.15, 0.2) is 0 Å². The molecule has 0 radical (unpaired) electrons. The number of hydrogen-bond acceptors (Lipinski definition) is 2. The Morgan fingerprint density at radius 3 is 2.04 bits per heavy atom. The van der Waals surface area contributed by atoms with Gasteiger partial charge in [-0.25, -0.2) is 0 Å². The average Bonchev–Trinajstić information content (AvgIpc) is 2.58. The summed E-state index contributed by atoms with van der Waals surface area (Å²) in [7, 11) is 0. The predicted octanol–water partition coefficient (Wildman–Crippen LogP) is 3.96. The third-order valence-corrected chi connectivity index (χ3v) is 5.20. The fraction of sp³-hybridized carbons (Fsp3) is 0.600. The van der Waals surface area contributed by atoms with E-state index in [1.54, 1.807) is 0 Å². The second-order valence-corrected chi connectivity index (χ2v) is 7.12. The number of amides is 2. The molecule has 2 rings (SSSR count). The molecule has 1 aliphatic rings. The molecule has 4 heteroatoms. The molecule has 132 valence electrons. The molecule has 0 spiro atoms. The number of aryl methyl sites for hydroxylation is 2. The third-order valence-electron chi connectivity index (χ3n) is 5.20. The molecule has 1 aliphatic carbocycles. The van der Waals surface area contributed by atoms with Gasteiger partial charge in [0.05, 0.1) is 0 Å². The van der Waals surface area contributed by atoms with E-state index in [0.717, 1.165) is 48.9 Å². The molecule has 0 saturated heterocycles. The van der Waals surface area contributed by atoms with Crippen molar-refractivity contribution in [3.05, 3.63) is 29.3 Å². The Labute approximate surface area is 145 Å². The van der Waals surface area contributed by atoms with Crippen LogP contribution in [0.5, 0.6) is 0 Å². The maximum absolute atomic E-state index is 12.6. The third kappa shape index (κ3) is 4.59. The first-order chi connectivity index (χ1) is 11.4. The highest BCUT2D eigenvalue weighted by atomic mass is 16.2. The van der Waals surface area contributed by atoms with Crippen molar-refractivity contribution >= 4 is 17.5 Å². The van der Waals surface area contributed by atoms with Gasteiger partial charge in [-0.2, -0.15) is 0 Å². The fourth-order valence-corrected chi connectivity index (χ4v) is 3.32. The number of anilines is 1. The normalized spacial score (nSPS) is 21.8. The van der Waals surface area contributed by atoms with Crippen LogP contribution in [0.25, 0.3) is 0 Å². The molecular weight excluding hydrogens is 300 g/mol. The number of nitrogens with one attached hydrogen (secondary N) is 2. The molecule has 4 nitrogen and oxygen atoms in total. The van der Waals surface area contributed by atoms with Crippen molar-refractivity contribution in [1.29, 1.82) is 0 Å². The van der Waals surface area contributed by atoms with Crippen molar-refractivity contribution in [3.8, 4) is 0 Å². The standard InChI is InChI=1S/C20H30N2O2/c1-5-15(4)21-19(23)16-9-11-17(12-10-16)20(24)22-18-13(2)7-6-8-14(18)3/h6-8,15-17H,5,9-12H2,1-4H3,(H,21,23)(H,22,24). The Morgan fingerprint density at radius 2 is 1.54 bits per heavy atom. The highest BCUT2D eigenvalue weighted by Gasteiger charge is 2.30. The van der Waals surface area contributed by atoms with Crippen LogP contribution in [0.3, 0.4) is 0 Å². The first kappa shape index (κ1) is 18.5. The first-order valence-corrected chi connectivity index (χ1v) is 9.09. The Morgan fingerprint density at radius 1 is 1.04 bits per heavy atom. The quantitative estimate of drug-likeness (QED) is 0.858. The Balaban J connectivity index is 1.88. The van der Waals surface area contributed by atoms with Gasteiger partial charge in [0.2, 0.25) is 11.8 Å². The molecule has 1 saturated carbocycles. The summed E-state index contributed by atoms with van der Waals surface area (Å²) in [5.74, 6) is 0.311. The van der Waals surface area contributed by atoms with E-state index in [1.807, 2.05) is 39.0 Å². The van der Waals surface area contributed by atoms with Crippen LogP contribution in [0.15, 0.2) is 18.2 Å². The van der Waals surface area contributed by atoms with Crippen molar-refractivity contribution in [1.82, 2.24) is 5.32 Å². The van der Waals surface area contributed by atoms with Crippen LogP contribution in [0.2, 0.25) is 0 Å². The van der Waals surface area contributed by atoms with Crippen LogP contribution in [0.4, 0.5) is 5.69 Å². The van der Waals surface area contributed by atoms with Gasteiger partial charge in [-0.15, -0.1) is 0 Å². The van der Waals surface area contributed by atoms with E-state index in [0.29, 0.717) is 0 Å². The van der Waals surface area contributed by atoms with Gasteiger partial charge in [0.1, 0.15) is 0 Å². The number of carbonyl (C=O) groups excluding carboxylic acids is 2. The Bertz CT molecular complexity index is 569. The summed E-state index contributed by atoms with van der Waals surface area (Å²) in [6.45, 7) is 8.12. The molecule has 0 bridgehead atoms. The molecule has 2 N–H and O–H groups in total. The predicted molar refractivity (Wildman–Crippen MR) is 97.9 cm³/mol. The van der Waals surface area contributed by atoms with Crippen LogP contribution in [-0.2, 0) is 9.59 Å². The van der Waals surface area contributed by atoms with E-state index >= 15 is 0 Å². The van der Waals surface area contributed by atoms with E-state index in [4.69, 9.17) is 0 Å². The maximum atomic E-state index is 12.6. The minimum absolute atomic E-state index is 0.0108. The molecular formula is C20H30N2O2. The van der Waals surface area contributed by atoms with Crippen LogP contribution < -0.4 is 10.6 Å². The molecule has 1 aromatic carbocycles. The molecule has 0 heterocycles. The van der Waals surface area contributed by atoms with Gasteiger partial charge < -0.3 is 10.6 Å². The van der Waals surface area contributed by atoms with Crippen molar-refractivity contribution < 1.29 is 9.59 Å². The van der Waals surface area contributed by atoms with E-state index in [2.05, 4.69) is 17.6 Å². The van der Waals surface area contributed by atoms with Crippen LogP contribution >= 0.6 is 0 Å². The highest BCUT2D eigenvalue weighted by Crippen LogP contribution is 2.30. The molecule has 1 unspecified atom stereocenters. The number of hydrogen-bond donors (Lipinski definition) is 2. The van der Waals surface area contributed by atoms with Crippen molar-refractivity contribution in [2.75, 3.05) is 5.32 Å². The van der Waals surface area contributed by atoms with Gasteiger partial charge in [-0.1, -0.05) is 25.1 Å². The molecule has 0 aromatic heterocycles. The van der Waals surface area contributed by atoms with Crippen LogP contribution in [-0.4, -0.2) is 17.9 Å². The Kier molecular flexibility index (Phi) is 6.41. The minimum Gasteiger partial charge on any atom is -0.353 e. The van der Waals surface area contributed by atoms with Crippen LogP contribution in [0, 0.1) is 25.7 Å². The number of carbonyl (C=O) groups is 2. The molecule has 1 fully saturated rings. The lowest BCUT2D eigenvalue weighted by Gasteiger charge is -2.28. The lowest BCUT2D eigenvalue weighted by Crippen LogP contribution is -2.39. The van der Waals surface area contributed by atoms with Crippen molar-refractivity contribution in [2.24, 2.45) is 11.8 Å². The fourth-order valence-electron chi connectivity index (χ4n) is 3.32. The van der Waals surface area contributed by atoms with Gasteiger partial charge in [0, 0.05) is 23.6 Å². The monoisotopic (exact) mass is 330 g/mol. The van der Waals surface area contributed by atoms with E-state index < -0.39 is 0 Å². The number of rotatable bonds is 5. The van der Waals surface area contributed by atoms with Crippen LogP contribution in [0.1, 0.15) is 57.1 Å². The SMILES string of the molecule is CCC(C)NC(=O)C1CCC(C(=O)Nc2c(C)cccc2C)CC1. The summed E-state index contributed by atoms with van der Waals surface area (Å²) < 4.78 is 0. The summed E-state index contributed by atoms with van der Waals surface area (Å²) in [4.78, 5) is 24.8. The topological polar surface area (TPSA) is 58.2 Å². The highest BCUT2D eigenvalue weighted by molar-refractivity contribution is 5.94. The Hall–Kier alpha value is -1.84. The maximum Gasteiger partial charge on any atom is 0.227 e. The summed E-state index contributed by atoms with van der Waals surface area (Å²) in [5, 5.41) is 6.15. The lowest BCUT2D eigenvalue weighted by atomic mass is 9.81. The smallest absolute Gasteiger partial charge is 0.227 e. The summed E-state index contributed by atoms with van der Waals surface area (Å²) >= 11 is 0.